The molecule has 0 bridgehead atoms. The molecule has 1 aromatic carbocycles. The Labute approximate surface area is 133 Å². The summed E-state index contributed by atoms with van der Waals surface area (Å²) in [6, 6.07) is 6.32. The maximum Gasteiger partial charge on any atom is 0.404 e. The number of ether oxygens (including phenoxy) is 1. The van der Waals surface area contributed by atoms with E-state index in [2.05, 4.69) is 5.32 Å². The largest absolute Gasteiger partial charge is 0.465 e. The molecular weight excluding hydrogens is 300 g/mol. The van der Waals surface area contributed by atoms with E-state index in [1.807, 2.05) is 0 Å². The second kappa shape index (κ2) is 6.00. The van der Waals surface area contributed by atoms with E-state index in [9.17, 15) is 14.4 Å². The summed E-state index contributed by atoms with van der Waals surface area (Å²) in [5, 5.41) is 11.3. The fourth-order valence-electron chi connectivity index (χ4n) is 2.93. The molecule has 0 saturated carbocycles. The summed E-state index contributed by atoms with van der Waals surface area (Å²) in [5.41, 5.74) is 0.801. The minimum Gasteiger partial charge on any atom is -0.465 e. The van der Waals surface area contributed by atoms with Crippen LogP contribution in [0.3, 0.4) is 0 Å². The summed E-state index contributed by atoms with van der Waals surface area (Å²) < 4.78 is 5.21. The third-order valence-electron chi connectivity index (χ3n) is 4.32. The van der Waals surface area contributed by atoms with Crippen molar-refractivity contribution in [3.63, 3.8) is 0 Å². The summed E-state index contributed by atoms with van der Waals surface area (Å²) in [6.45, 7) is 2.55. The van der Waals surface area contributed by atoms with Gasteiger partial charge in [-0.2, -0.15) is 0 Å². The zero-order valence-electron chi connectivity index (χ0n) is 12.7. The lowest BCUT2D eigenvalue weighted by Gasteiger charge is -2.27. The second-order valence-electron chi connectivity index (χ2n) is 5.96. The van der Waals surface area contributed by atoms with Crippen molar-refractivity contribution in [2.75, 3.05) is 13.2 Å². The van der Waals surface area contributed by atoms with Crippen molar-refractivity contribution in [3.8, 4) is 0 Å². The van der Waals surface area contributed by atoms with Crippen LogP contribution in [-0.4, -0.2) is 53.2 Å². The SMILES string of the molecule is CC(NC(=O)O)C(CC1CO1)CN1C(=O)c2ccccc2C1=O. The molecule has 122 valence electrons. The number of imide groups is 1. The number of benzene rings is 1. The number of hydrogen-bond donors (Lipinski definition) is 2. The lowest BCUT2D eigenvalue weighted by molar-refractivity contribution is 0.0613. The Balaban J connectivity index is 1.76. The van der Waals surface area contributed by atoms with Gasteiger partial charge in [0, 0.05) is 12.6 Å². The van der Waals surface area contributed by atoms with Gasteiger partial charge in [0.1, 0.15) is 0 Å². The number of carboxylic acid groups (broad SMARTS) is 1. The van der Waals surface area contributed by atoms with E-state index in [1.165, 1.54) is 4.90 Å². The van der Waals surface area contributed by atoms with Crippen molar-refractivity contribution in [1.29, 1.82) is 0 Å². The van der Waals surface area contributed by atoms with Gasteiger partial charge in [0.25, 0.3) is 11.8 Å². The highest BCUT2D eigenvalue weighted by Gasteiger charge is 2.39. The van der Waals surface area contributed by atoms with Crippen molar-refractivity contribution >= 4 is 17.9 Å². The third kappa shape index (κ3) is 3.19. The van der Waals surface area contributed by atoms with Gasteiger partial charge >= 0.3 is 6.09 Å². The van der Waals surface area contributed by atoms with Crippen LogP contribution in [-0.2, 0) is 4.74 Å². The highest BCUT2D eigenvalue weighted by molar-refractivity contribution is 6.21. The monoisotopic (exact) mass is 318 g/mol. The molecule has 7 nitrogen and oxygen atoms in total. The van der Waals surface area contributed by atoms with Crippen molar-refractivity contribution in [2.45, 2.75) is 25.5 Å². The van der Waals surface area contributed by atoms with Gasteiger partial charge < -0.3 is 15.2 Å². The van der Waals surface area contributed by atoms with Crippen LogP contribution in [0.4, 0.5) is 4.79 Å². The Kier molecular flexibility index (Phi) is 4.04. The molecule has 2 aliphatic heterocycles. The molecule has 2 aliphatic rings. The fourth-order valence-corrected chi connectivity index (χ4v) is 2.93. The first-order valence-electron chi connectivity index (χ1n) is 7.53. The van der Waals surface area contributed by atoms with Gasteiger partial charge in [-0.1, -0.05) is 12.1 Å². The zero-order chi connectivity index (χ0) is 16.6. The first-order chi connectivity index (χ1) is 11.0. The van der Waals surface area contributed by atoms with Gasteiger partial charge in [-0.05, 0) is 31.4 Å². The molecule has 7 heteroatoms. The summed E-state index contributed by atoms with van der Waals surface area (Å²) in [5.74, 6) is -0.842. The third-order valence-corrected chi connectivity index (χ3v) is 4.32. The van der Waals surface area contributed by atoms with Gasteiger partial charge in [0.2, 0.25) is 0 Å². The molecule has 0 aliphatic carbocycles. The number of epoxide rings is 1. The van der Waals surface area contributed by atoms with E-state index in [4.69, 9.17) is 9.84 Å². The molecule has 2 heterocycles. The molecule has 0 spiro atoms. The summed E-state index contributed by atoms with van der Waals surface area (Å²) in [6.07, 6.45) is -0.440. The summed E-state index contributed by atoms with van der Waals surface area (Å²) >= 11 is 0. The molecule has 3 atom stereocenters. The molecule has 1 aromatic rings. The molecule has 3 rings (SSSR count). The van der Waals surface area contributed by atoms with E-state index in [0.717, 1.165) is 0 Å². The van der Waals surface area contributed by atoms with Crippen molar-refractivity contribution < 1.29 is 24.2 Å². The first kappa shape index (κ1) is 15.5. The topological polar surface area (TPSA) is 99.2 Å². The highest BCUT2D eigenvalue weighted by Crippen LogP contribution is 2.27. The minimum absolute atomic E-state index is 0.0771. The van der Waals surface area contributed by atoms with Crippen LogP contribution in [0.2, 0.25) is 0 Å². The van der Waals surface area contributed by atoms with E-state index >= 15 is 0 Å². The lowest BCUT2D eigenvalue weighted by atomic mass is 9.95. The van der Waals surface area contributed by atoms with Gasteiger partial charge in [-0.25, -0.2) is 4.79 Å². The molecule has 0 aromatic heterocycles. The Hall–Kier alpha value is -2.41. The molecule has 3 unspecified atom stereocenters. The van der Waals surface area contributed by atoms with Crippen LogP contribution < -0.4 is 5.32 Å². The standard InChI is InChI=1S/C16H18N2O5/c1-9(17-16(21)22)10(6-11-8-23-11)7-18-14(19)12-4-2-3-5-13(12)15(18)20/h2-5,9-11,17H,6-8H2,1H3,(H,21,22). The van der Waals surface area contributed by atoms with E-state index in [1.54, 1.807) is 31.2 Å². The predicted molar refractivity (Wildman–Crippen MR) is 80.3 cm³/mol. The van der Waals surface area contributed by atoms with Crippen molar-refractivity contribution in [2.24, 2.45) is 5.92 Å². The smallest absolute Gasteiger partial charge is 0.404 e. The van der Waals surface area contributed by atoms with Crippen LogP contribution >= 0.6 is 0 Å². The normalized spacial score (nSPS) is 21.8. The van der Waals surface area contributed by atoms with E-state index < -0.39 is 6.09 Å². The fraction of sp³-hybridized carbons (Fsp3) is 0.438. The van der Waals surface area contributed by atoms with E-state index in [0.29, 0.717) is 24.2 Å². The molecule has 23 heavy (non-hydrogen) atoms. The van der Waals surface area contributed by atoms with Gasteiger partial charge in [0.15, 0.2) is 0 Å². The van der Waals surface area contributed by atoms with Crippen molar-refractivity contribution in [1.82, 2.24) is 10.2 Å². The van der Waals surface area contributed by atoms with Crippen molar-refractivity contribution in [3.05, 3.63) is 35.4 Å². The van der Waals surface area contributed by atoms with Crippen LogP contribution in [0.1, 0.15) is 34.1 Å². The number of carbonyl (C=O) groups is 3. The zero-order valence-corrected chi connectivity index (χ0v) is 12.7. The van der Waals surface area contributed by atoms with Crippen LogP contribution in [0.25, 0.3) is 0 Å². The number of amides is 3. The summed E-state index contributed by atoms with van der Waals surface area (Å²) in [4.78, 5) is 36.9. The van der Waals surface area contributed by atoms with Gasteiger partial charge in [-0.15, -0.1) is 0 Å². The quantitative estimate of drug-likeness (QED) is 0.609. The Morgan fingerprint density at radius 3 is 2.39 bits per heavy atom. The maximum absolute atomic E-state index is 12.4. The number of nitrogens with one attached hydrogen (secondary N) is 1. The summed E-state index contributed by atoms with van der Waals surface area (Å²) in [7, 11) is 0. The number of rotatable bonds is 6. The van der Waals surface area contributed by atoms with E-state index in [-0.39, 0.29) is 36.4 Å². The number of hydrogen-bond acceptors (Lipinski definition) is 4. The first-order valence-corrected chi connectivity index (χ1v) is 7.53. The molecule has 3 amide bonds. The highest BCUT2D eigenvalue weighted by atomic mass is 16.6. The minimum atomic E-state index is -1.12. The van der Waals surface area contributed by atoms with Gasteiger partial charge in [0.05, 0.1) is 23.8 Å². The van der Waals surface area contributed by atoms with Crippen LogP contribution in [0.15, 0.2) is 24.3 Å². The average Bonchev–Trinajstić information content (AvgIpc) is 3.29. The molecular formula is C16H18N2O5. The lowest BCUT2D eigenvalue weighted by Crippen LogP contribution is -2.44. The average molecular weight is 318 g/mol. The number of nitrogens with zero attached hydrogens (tertiary/aromatic N) is 1. The molecule has 1 saturated heterocycles. The number of carbonyl (C=O) groups excluding carboxylic acids is 2. The van der Waals surface area contributed by atoms with Crippen LogP contribution in [0, 0.1) is 5.92 Å². The molecule has 1 fully saturated rings. The Morgan fingerprint density at radius 2 is 1.91 bits per heavy atom. The van der Waals surface area contributed by atoms with Crippen LogP contribution in [0.5, 0.6) is 0 Å². The Morgan fingerprint density at radius 1 is 1.35 bits per heavy atom. The Bertz CT molecular complexity index is 621. The molecule has 0 radical (unpaired) electrons. The molecule has 2 N–H and O–H groups in total. The number of fused-ring (bicyclic) bond motifs is 1. The second-order valence-corrected chi connectivity index (χ2v) is 5.96. The van der Waals surface area contributed by atoms with Gasteiger partial charge in [-0.3, -0.25) is 14.5 Å². The maximum atomic E-state index is 12.4. The predicted octanol–water partition coefficient (Wildman–Crippen LogP) is 1.34.